The van der Waals surface area contributed by atoms with Crippen LogP contribution in [-0.4, -0.2) is 40.0 Å². The first-order valence-electron chi connectivity index (χ1n) is 6.84. The molecular weight excluding hydrogens is 242 g/mol. The van der Waals surface area contributed by atoms with E-state index in [0.717, 1.165) is 37.7 Å². The number of rotatable bonds is 5. The molecule has 1 aromatic rings. The summed E-state index contributed by atoms with van der Waals surface area (Å²) in [5, 5.41) is 0. The molecule has 0 atom stereocenters. The SMILES string of the molecule is CCOc1cc(C)c(COC)cc1N1CCOCC1. The smallest absolute Gasteiger partial charge is 0.142 e. The predicted molar refractivity (Wildman–Crippen MR) is 76.1 cm³/mol. The molecule has 4 nitrogen and oxygen atoms in total. The first-order valence-corrected chi connectivity index (χ1v) is 6.84. The van der Waals surface area contributed by atoms with Gasteiger partial charge in [0.05, 0.1) is 32.1 Å². The molecule has 1 saturated heterocycles. The second-order valence-corrected chi connectivity index (χ2v) is 4.71. The van der Waals surface area contributed by atoms with Gasteiger partial charge in [-0.05, 0) is 37.1 Å². The van der Waals surface area contributed by atoms with Gasteiger partial charge in [0.2, 0.25) is 0 Å². The maximum absolute atomic E-state index is 5.78. The van der Waals surface area contributed by atoms with Gasteiger partial charge in [-0.15, -0.1) is 0 Å². The average molecular weight is 265 g/mol. The molecule has 1 aliphatic rings. The molecule has 1 fully saturated rings. The summed E-state index contributed by atoms with van der Waals surface area (Å²) in [5.41, 5.74) is 3.58. The van der Waals surface area contributed by atoms with Crippen molar-refractivity contribution in [3.8, 4) is 5.75 Å². The number of nitrogens with zero attached hydrogens (tertiary/aromatic N) is 1. The van der Waals surface area contributed by atoms with Crippen LogP contribution < -0.4 is 9.64 Å². The van der Waals surface area contributed by atoms with Gasteiger partial charge >= 0.3 is 0 Å². The molecule has 0 aliphatic carbocycles. The third kappa shape index (κ3) is 3.39. The van der Waals surface area contributed by atoms with E-state index in [2.05, 4.69) is 24.0 Å². The van der Waals surface area contributed by atoms with Gasteiger partial charge in [-0.2, -0.15) is 0 Å². The Bertz CT molecular complexity index is 414. The van der Waals surface area contributed by atoms with Crippen LogP contribution >= 0.6 is 0 Å². The molecule has 0 aromatic heterocycles. The average Bonchev–Trinajstić information content (AvgIpc) is 2.43. The van der Waals surface area contributed by atoms with Crippen molar-refractivity contribution in [2.75, 3.05) is 44.9 Å². The van der Waals surface area contributed by atoms with Crippen LogP contribution in [0.3, 0.4) is 0 Å². The molecule has 0 N–H and O–H groups in total. The summed E-state index contributed by atoms with van der Waals surface area (Å²) in [6, 6.07) is 4.30. The molecule has 19 heavy (non-hydrogen) atoms. The lowest BCUT2D eigenvalue weighted by atomic mass is 10.1. The quantitative estimate of drug-likeness (QED) is 0.818. The number of benzene rings is 1. The summed E-state index contributed by atoms with van der Waals surface area (Å²) >= 11 is 0. The molecule has 1 aromatic carbocycles. The fourth-order valence-corrected chi connectivity index (χ4v) is 2.35. The van der Waals surface area contributed by atoms with E-state index in [1.54, 1.807) is 7.11 Å². The van der Waals surface area contributed by atoms with Crippen LogP contribution in [0.25, 0.3) is 0 Å². The monoisotopic (exact) mass is 265 g/mol. The van der Waals surface area contributed by atoms with E-state index in [1.807, 2.05) is 6.92 Å². The highest BCUT2D eigenvalue weighted by Gasteiger charge is 2.17. The zero-order valence-electron chi connectivity index (χ0n) is 12.1. The van der Waals surface area contributed by atoms with Gasteiger partial charge in [0, 0.05) is 20.2 Å². The Morgan fingerprint density at radius 1 is 1.26 bits per heavy atom. The topological polar surface area (TPSA) is 30.9 Å². The minimum Gasteiger partial charge on any atom is -0.492 e. The van der Waals surface area contributed by atoms with Crippen molar-refractivity contribution in [2.24, 2.45) is 0 Å². The van der Waals surface area contributed by atoms with E-state index in [-0.39, 0.29) is 0 Å². The number of ether oxygens (including phenoxy) is 3. The third-order valence-corrected chi connectivity index (χ3v) is 3.37. The Hall–Kier alpha value is -1.26. The van der Waals surface area contributed by atoms with Crippen molar-refractivity contribution in [1.82, 2.24) is 0 Å². The molecule has 0 unspecified atom stereocenters. The lowest BCUT2D eigenvalue weighted by Gasteiger charge is -2.31. The number of hydrogen-bond acceptors (Lipinski definition) is 4. The van der Waals surface area contributed by atoms with Crippen LogP contribution in [0.15, 0.2) is 12.1 Å². The normalized spacial score (nSPS) is 15.6. The van der Waals surface area contributed by atoms with E-state index in [4.69, 9.17) is 14.2 Å². The zero-order valence-corrected chi connectivity index (χ0v) is 12.1. The minimum atomic E-state index is 0.635. The summed E-state index contributed by atoms with van der Waals surface area (Å²) < 4.78 is 16.5. The van der Waals surface area contributed by atoms with Crippen molar-refractivity contribution < 1.29 is 14.2 Å². The lowest BCUT2D eigenvalue weighted by molar-refractivity contribution is 0.122. The van der Waals surface area contributed by atoms with Gasteiger partial charge < -0.3 is 19.1 Å². The van der Waals surface area contributed by atoms with E-state index >= 15 is 0 Å². The van der Waals surface area contributed by atoms with Crippen LogP contribution in [0.1, 0.15) is 18.1 Å². The standard InChI is InChI=1S/C15H23NO3/c1-4-19-15-9-12(2)13(11-17-3)10-14(15)16-5-7-18-8-6-16/h9-10H,4-8,11H2,1-3H3. The highest BCUT2D eigenvalue weighted by Crippen LogP contribution is 2.32. The Morgan fingerprint density at radius 2 is 2.00 bits per heavy atom. The molecule has 4 heteroatoms. The first-order chi connectivity index (χ1) is 9.26. The zero-order chi connectivity index (χ0) is 13.7. The molecule has 0 amide bonds. The molecule has 2 rings (SSSR count). The van der Waals surface area contributed by atoms with Crippen molar-refractivity contribution in [3.63, 3.8) is 0 Å². The molecule has 1 aliphatic heterocycles. The maximum atomic E-state index is 5.78. The van der Waals surface area contributed by atoms with Crippen molar-refractivity contribution >= 4 is 5.69 Å². The number of hydrogen-bond donors (Lipinski definition) is 0. The lowest BCUT2D eigenvalue weighted by Crippen LogP contribution is -2.36. The van der Waals surface area contributed by atoms with Crippen LogP contribution in [0.4, 0.5) is 5.69 Å². The van der Waals surface area contributed by atoms with Crippen molar-refractivity contribution in [3.05, 3.63) is 23.3 Å². The molecular formula is C15H23NO3. The Kier molecular flexibility index (Phi) is 5.05. The Labute approximate surface area is 115 Å². The highest BCUT2D eigenvalue weighted by molar-refractivity contribution is 5.62. The predicted octanol–water partition coefficient (Wildman–Crippen LogP) is 2.38. The minimum absolute atomic E-state index is 0.635. The maximum Gasteiger partial charge on any atom is 0.142 e. The van der Waals surface area contributed by atoms with Crippen molar-refractivity contribution in [2.45, 2.75) is 20.5 Å². The molecule has 1 heterocycles. The number of aryl methyl sites for hydroxylation is 1. The summed E-state index contributed by atoms with van der Waals surface area (Å²) in [5.74, 6) is 0.960. The number of morpholine rings is 1. The second-order valence-electron chi connectivity index (χ2n) is 4.71. The van der Waals surface area contributed by atoms with Crippen LogP contribution in [-0.2, 0) is 16.1 Å². The molecule has 0 bridgehead atoms. The summed E-state index contributed by atoms with van der Waals surface area (Å²) in [7, 11) is 1.73. The molecule has 0 radical (unpaired) electrons. The van der Waals surface area contributed by atoms with Gasteiger partial charge in [-0.25, -0.2) is 0 Å². The van der Waals surface area contributed by atoms with Gasteiger partial charge in [0.25, 0.3) is 0 Å². The molecule has 0 saturated carbocycles. The van der Waals surface area contributed by atoms with Gasteiger partial charge in [0.1, 0.15) is 5.75 Å². The summed E-state index contributed by atoms with van der Waals surface area (Å²) in [6.45, 7) is 8.81. The molecule has 106 valence electrons. The Balaban J connectivity index is 2.33. The van der Waals surface area contributed by atoms with E-state index in [9.17, 15) is 0 Å². The first kappa shape index (κ1) is 14.2. The van der Waals surface area contributed by atoms with E-state index in [1.165, 1.54) is 11.1 Å². The largest absolute Gasteiger partial charge is 0.492 e. The molecule has 0 spiro atoms. The van der Waals surface area contributed by atoms with Gasteiger partial charge in [-0.3, -0.25) is 0 Å². The van der Waals surface area contributed by atoms with Crippen LogP contribution in [0.5, 0.6) is 5.75 Å². The fraction of sp³-hybridized carbons (Fsp3) is 0.600. The van der Waals surface area contributed by atoms with Gasteiger partial charge in [0.15, 0.2) is 0 Å². The third-order valence-electron chi connectivity index (χ3n) is 3.37. The van der Waals surface area contributed by atoms with Crippen LogP contribution in [0.2, 0.25) is 0 Å². The number of anilines is 1. The van der Waals surface area contributed by atoms with E-state index in [0.29, 0.717) is 13.2 Å². The van der Waals surface area contributed by atoms with E-state index < -0.39 is 0 Å². The fourth-order valence-electron chi connectivity index (χ4n) is 2.35. The Morgan fingerprint density at radius 3 is 2.63 bits per heavy atom. The van der Waals surface area contributed by atoms with Gasteiger partial charge in [-0.1, -0.05) is 0 Å². The van der Waals surface area contributed by atoms with Crippen LogP contribution in [0, 0.1) is 6.92 Å². The summed E-state index contributed by atoms with van der Waals surface area (Å²) in [4.78, 5) is 2.33. The second kappa shape index (κ2) is 6.78. The van der Waals surface area contributed by atoms with Crippen molar-refractivity contribution in [1.29, 1.82) is 0 Å². The number of methoxy groups -OCH3 is 1. The summed E-state index contributed by atoms with van der Waals surface area (Å²) in [6.07, 6.45) is 0. The highest BCUT2D eigenvalue weighted by atomic mass is 16.5.